The molecule has 6 heavy (non-hydrogen) atoms. The summed E-state index contributed by atoms with van der Waals surface area (Å²) in [6, 6.07) is 0. The number of rotatable bonds is 2. The largest absolute Gasteiger partial charge is 0.234 e. The summed E-state index contributed by atoms with van der Waals surface area (Å²) < 4.78 is 0. The van der Waals surface area contributed by atoms with Gasteiger partial charge in [0.15, 0.2) is 0 Å². The van der Waals surface area contributed by atoms with Gasteiger partial charge in [0.25, 0.3) is 0 Å². The Labute approximate surface area is 41.7 Å². The Morgan fingerprint density at radius 2 is 2.50 bits per heavy atom. The van der Waals surface area contributed by atoms with Gasteiger partial charge in [0.1, 0.15) is 5.94 Å². The zero-order valence-electron chi connectivity index (χ0n) is 3.18. The summed E-state index contributed by atoms with van der Waals surface area (Å²) in [5.41, 5.74) is 0. The molecule has 0 unspecified atom stereocenters. The fourth-order valence-corrected chi connectivity index (χ4v) is 0.192. The first kappa shape index (κ1) is 5.54. The topological polar surface area (TPSA) is 17.1 Å². The average molecular weight is 100 g/mol. The van der Waals surface area contributed by atoms with E-state index in [0.717, 1.165) is 0 Å². The van der Waals surface area contributed by atoms with Crippen LogP contribution < -0.4 is 0 Å². The standard InChI is InChI=1S/C4H4OS/c5-3-1-2-4-6/h1,4H,2H2. The van der Waals surface area contributed by atoms with Crippen molar-refractivity contribution in [2.45, 2.75) is 6.42 Å². The summed E-state index contributed by atoms with van der Waals surface area (Å²) in [6.07, 6.45) is 1.89. The molecule has 0 aliphatic rings. The lowest BCUT2D eigenvalue weighted by molar-refractivity contribution is 0.568. The van der Waals surface area contributed by atoms with Gasteiger partial charge < -0.3 is 0 Å². The van der Waals surface area contributed by atoms with Gasteiger partial charge in [-0.1, -0.05) is 12.2 Å². The molecule has 0 bridgehead atoms. The van der Waals surface area contributed by atoms with E-state index in [9.17, 15) is 4.79 Å². The molecule has 0 radical (unpaired) electrons. The van der Waals surface area contributed by atoms with Crippen LogP contribution in [0, 0.1) is 0 Å². The van der Waals surface area contributed by atoms with Crippen LogP contribution >= 0.6 is 12.2 Å². The Hall–Kier alpha value is -0.460. The van der Waals surface area contributed by atoms with Crippen LogP contribution in [0.25, 0.3) is 0 Å². The van der Waals surface area contributed by atoms with Gasteiger partial charge >= 0.3 is 0 Å². The van der Waals surface area contributed by atoms with Crippen molar-refractivity contribution in [3.63, 3.8) is 0 Å². The van der Waals surface area contributed by atoms with Crippen molar-refractivity contribution in [3.05, 3.63) is 6.08 Å². The van der Waals surface area contributed by atoms with Crippen LogP contribution in [0.4, 0.5) is 0 Å². The molecule has 0 spiro atoms. The van der Waals surface area contributed by atoms with E-state index in [1.54, 1.807) is 5.94 Å². The van der Waals surface area contributed by atoms with Crippen molar-refractivity contribution in [1.82, 2.24) is 0 Å². The third-order valence-electron chi connectivity index (χ3n) is 0.297. The smallest absolute Gasteiger partial charge is 0.120 e. The molecule has 0 rings (SSSR count). The minimum Gasteiger partial charge on any atom is -0.234 e. The molecule has 0 aromatic heterocycles. The quantitative estimate of drug-likeness (QED) is 0.376. The molecular formula is C4H4OS. The van der Waals surface area contributed by atoms with Gasteiger partial charge in [-0.2, -0.15) is 0 Å². The molecule has 2 heteroatoms. The molecule has 0 atom stereocenters. The Morgan fingerprint density at radius 3 is 2.67 bits per heavy atom. The highest BCUT2D eigenvalue weighted by atomic mass is 32.1. The van der Waals surface area contributed by atoms with Crippen LogP contribution in [0.3, 0.4) is 0 Å². The van der Waals surface area contributed by atoms with E-state index < -0.39 is 0 Å². The summed E-state index contributed by atoms with van der Waals surface area (Å²) in [4.78, 5) is 9.32. The molecular weight excluding hydrogens is 96.1 g/mol. The minimum atomic E-state index is 0.554. The molecule has 0 aliphatic heterocycles. The van der Waals surface area contributed by atoms with Gasteiger partial charge in [0.05, 0.1) is 0 Å². The number of thiocarbonyl (C=S) groups is 1. The lowest BCUT2D eigenvalue weighted by Crippen LogP contribution is -1.59. The summed E-state index contributed by atoms with van der Waals surface area (Å²) >= 11 is 4.38. The highest BCUT2D eigenvalue weighted by Crippen LogP contribution is 1.67. The zero-order chi connectivity index (χ0) is 4.83. The summed E-state index contributed by atoms with van der Waals surface area (Å²) in [6.45, 7) is 0. The van der Waals surface area contributed by atoms with E-state index in [-0.39, 0.29) is 0 Å². The van der Waals surface area contributed by atoms with E-state index in [1.165, 1.54) is 11.4 Å². The van der Waals surface area contributed by atoms with Crippen LogP contribution in [-0.4, -0.2) is 11.3 Å². The van der Waals surface area contributed by atoms with Crippen LogP contribution in [0.2, 0.25) is 0 Å². The Kier molecular flexibility index (Phi) is 4.19. The molecule has 0 aromatic carbocycles. The molecule has 0 heterocycles. The molecule has 0 aromatic rings. The maximum atomic E-state index is 9.32. The molecule has 1 nitrogen and oxygen atoms in total. The first-order valence-corrected chi connectivity index (χ1v) is 2.02. The highest BCUT2D eigenvalue weighted by molar-refractivity contribution is 7.78. The SMILES string of the molecule is O=C=CCC=S. The molecule has 0 saturated carbocycles. The van der Waals surface area contributed by atoms with E-state index >= 15 is 0 Å². The number of hydrogen-bond donors (Lipinski definition) is 0. The summed E-state index contributed by atoms with van der Waals surface area (Å²) in [5, 5.41) is 1.48. The molecule has 0 saturated heterocycles. The van der Waals surface area contributed by atoms with Gasteiger partial charge in [-0.05, 0) is 5.37 Å². The maximum Gasteiger partial charge on any atom is 0.120 e. The maximum absolute atomic E-state index is 9.32. The number of hydrogen-bond acceptors (Lipinski definition) is 2. The second-order valence-electron chi connectivity index (χ2n) is 0.724. The first-order valence-electron chi connectivity index (χ1n) is 1.54. The Balaban J connectivity index is 3.07. The third kappa shape index (κ3) is 3.54. The van der Waals surface area contributed by atoms with Crippen LogP contribution in [0.1, 0.15) is 6.42 Å². The number of allylic oxidation sites excluding steroid dienone is 1. The third-order valence-corrected chi connectivity index (χ3v) is 0.490. The van der Waals surface area contributed by atoms with Gasteiger partial charge in [-0.15, -0.1) is 0 Å². The summed E-state index contributed by atoms with van der Waals surface area (Å²) in [7, 11) is 0. The summed E-state index contributed by atoms with van der Waals surface area (Å²) in [5.74, 6) is 1.60. The van der Waals surface area contributed by atoms with Crippen LogP contribution in [0.5, 0.6) is 0 Å². The fraction of sp³-hybridized carbons (Fsp3) is 0.250. The zero-order valence-corrected chi connectivity index (χ0v) is 3.99. The van der Waals surface area contributed by atoms with Crippen molar-refractivity contribution < 1.29 is 4.79 Å². The Bertz CT molecular complexity index is 81.5. The van der Waals surface area contributed by atoms with Gasteiger partial charge in [0.2, 0.25) is 0 Å². The highest BCUT2D eigenvalue weighted by Gasteiger charge is 1.61. The van der Waals surface area contributed by atoms with Crippen molar-refractivity contribution in [2.24, 2.45) is 0 Å². The predicted octanol–water partition coefficient (Wildman–Crippen LogP) is 0.764. The van der Waals surface area contributed by atoms with Gasteiger partial charge in [0, 0.05) is 12.5 Å². The molecule has 0 N–H and O–H groups in total. The normalized spacial score (nSPS) is 6.00. The second kappa shape index (κ2) is 4.54. The van der Waals surface area contributed by atoms with Crippen LogP contribution in [-0.2, 0) is 4.79 Å². The fourth-order valence-electron chi connectivity index (χ4n) is 0.0962. The molecule has 0 fully saturated rings. The van der Waals surface area contributed by atoms with Crippen molar-refractivity contribution >= 4 is 23.5 Å². The van der Waals surface area contributed by atoms with E-state index in [1.807, 2.05) is 0 Å². The molecule has 0 amide bonds. The van der Waals surface area contributed by atoms with E-state index in [2.05, 4.69) is 12.2 Å². The lowest BCUT2D eigenvalue weighted by Gasteiger charge is -1.60. The van der Waals surface area contributed by atoms with Gasteiger partial charge in [-0.3, -0.25) is 0 Å². The van der Waals surface area contributed by atoms with Gasteiger partial charge in [-0.25, -0.2) is 4.79 Å². The van der Waals surface area contributed by atoms with E-state index in [0.29, 0.717) is 6.42 Å². The Morgan fingerprint density at radius 1 is 1.83 bits per heavy atom. The van der Waals surface area contributed by atoms with Crippen molar-refractivity contribution in [2.75, 3.05) is 0 Å². The second-order valence-corrected chi connectivity index (χ2v) is 1.06. The first-order chi connectivity index (χ1) is 2.91. The molecule has 0 aliphatic carbocycles. The monoisotopic (exact) mass is 100.0 g/mol. The van der Waals surface area contributed by atoms with Crippen LogP contribution in [0.15, 0.2) is 6.08 Å². The predicted molar refractivity (Wildman–Crippen MR) is 28.5 cm³/mol. The lowest BCUT2D eigenvalue weighted by atomic mass is 10.5. The molecule has 32 valence electrons. The number of carbonyl (C=O) groups excluding carboxylic acids is 1. The van der Waals surface area contributed by atoms with Crippen molar-refractivity contribution in [1.29, 1.82) is 0 Å². The minimum absolute atomic E-state index is 0.554. The van der Waals surface area contributed by atoms with E-state index in [4.69, 9.17) is 0 Å². The van der Waals surface area contributed by atoms with Crippen molar-refractivity contribution in [3.8, 4) is 0 Å². The average Bonchev–Trinajstić information content (AvgIpc) is 1.61.